The van der Waals surface area contributed by atoms with Crippen LogP contribution in [0, 0.1) is 11.8 Å². The van der Waals surface area contributed by atoms with Gasteiger partial charge in [-0.05, 0) is 12.3 Å². The maximum Gasteiger partial charge on any atom is 0.167 e. The van der Waals surface area contributed by atoms with E-state index in [9.17, 15) is 10.2 Å². The van der Waals surface area contributed by atoms with Crippen molar-refractivity contribution in [1.29, 1.82) is 0 Å². The van der Waals surface area contributed by atoms with E-state index in [-0.39, 0.29) is 50.6 Å². The van der Waals surface area contributed by atoms with Gasteiger partial charge in [0.25, 0.3) is 0 Å². The lowest BCUT2D eigenvalue weighted by Crippen LogP contribution is -2.47. The van der Waals surface area contributed by atoms with Crippen molar-refractivity contribution in [3.05, 3.63) is 25.3 Å². The molecule has 15 nitrogen and oxygen atoms in total. The predicted molar refractivity (Wildman–Crippen MR) is 151 cm³/mol. The Morgan fingerprint density at radius 3 is 2.20 bits per heavy atom. The van der Waals surface area contributed by atoms with Crippen molar-refractivity contribution in [2.75, 3.05) is 25.2 Å². The van der Waals surface area contributed by atoms with Crippen molar-refractivity contribution in [1.82, 2.24) is 39.0 Å². The molecule has 4 aromatic rings. The zero-order valence-corrected chi connectivity index (χ0v) is 24.0. The molecule has 0 amide bonds. The standard InChI is InChI=1S/C25H35N10O5P/c1-11(2)17-12(34-9-32-18-21(26)28-7-30-23(18)34)4-15(39-6-14(38-3)20(17)37)41-16-5-13(36)25(40-16)35-10-33-19-22(27)29-8-31-24(19)35/h7-17,20,25,36-37,41H,4-6H2,1-3H3,(H2,26,28,30)(H2,27,29,31)/t12?,13-,14?,15?,16?,17?,20?,25?/m0/s1. The molecule has 0 aliphatic carbocycles. The molecule has 6 N–H and O–H groups in total. The minimum Gasteiger partial charge on any atom is -0.390 e. The van der Waals surface area contributed by atoms with Crippen LogP contribution in [-0.4, -0.2) is 93.0 Å². The molecule has 0 bridgehead atoms. The summed E-state index contributed by atoms with van der Waals surface area (Å²) in [5.74, 6) is -0.0696. The number of nitrogens with two attached hydrogens (primary N) is 2. The average molecular weight is 587 g/mol. The molecule has 16 heteroatoms. The number of imidazole rings is 2. The highest BCUT2D eigenvalue weighted by Gasteiger charge is 2.43. The highest BCUT2D eigenvalue weighted by molar-refractivity contribution is 7.39. The van der Waals surface area contributed by atoms with Gasteiger partial charge in [-0.15, -0.1) is 0 Å². The lowest BCUT2D eigenvalue weighted by Gasteiger charge is -2.42. The molecule has 2 aliphatic rings. The van der Waals surface area contributed by atoms with Gasteiger partial charge in [-0.2, -0.15) is 0 Å². The zero-order chi connectivity index (χ0) is 28.8. The van der Waals surface area contributed by atoms with Crippen molar-refractivity contribution in [2.24, 2.45) is 11.8 Å². The number of nitrogens with zero attached hydrogens (tertiary/aromatic N) is 8. The fourth-order valence-corrected chi connectivity index (χ4v) is 7.66. The number of methoxy groups -OCH3 is 1. The number of aromatic nitrogens is 8. The van der Waals surface area contributed by atoms with Crippen LogP contribution in [-0.2, 0) is 14.2 Å². The highest BCUT2D eigenvalue weighted by Crippen LogP contribution is 2.46. The molecular weight excluding hydrogens is 551 g/mol. The number of hydrogen-bond acceptors (Lipinski definition) is 13. The zero-order valence-electron chi connectivity index (χ0n) is 23.0. The van der Waals surface area contributed by atoms with Gasteiger partial charge in [0.15, 0.2) is 29.2 Å². The first kappa shape index (κ1) is 28.1. The number of anilines is 2. The lowest BCUT2D eigenvalue weighted by atomic mass is 9.79. The van der Waals surface area contributed by atoms with E-state index >= 15 is 0 Å². The van der Waals surface area contributed by atoms with Crippen molar-refractivity contribution in [2.45, 2.75) is 69.0 Å². The predicted octanol–water partition coefficient (Wildman–Crippen LogP) is 1.05. The molecule has 6 rings (SSSR count). The van der Waals surface area contributed by atoms with Gasteiger partial charge >= 0.3 is 0 Å². The topological polar surface area (TPSA) is 207 Å². The molecule has 0 aromatic carbocycles. The van der Waals surface area contributed by atoms with Crippen LogP contribution in [0.25, 0.3) is 22.3 Å². The van der Waals surface area contributed by atoms with Gasteiger partial charge in [0.05, 0.1) is 37.1 Å². The van der Waals surface area contributed by atoms with Crippen molar-refractivity contribution < 1.29 is 24.4 Å². The van der Waals surface area contributed by atoms with E-state index in [4.69, 9.17) is 25.7 Å². The van der Waals surface area contributed by atoms with Crippen LogP contribution < -0.4 is 11.5 Å². The smallest absolute Gasteiger partial charge is 0.167 e. The number of nitrogen functional groups attached to an aromatic ring is 2. The fourth-order valence-electron chi connectivity index (χ4n) is 6.08. The fraction of sp³-hybridized carbons (Fsp3) is 0.600. The van der Waals surface area contributed by atoms with E-state index in [2.05, 4.69) is 43.8 Å². The summed E-state index contributed by atoms with van der Waals surface area (Å²) in [6.07, 6.45) is 4.24. The van der Waals surface area contributed by atoms with Crippen LogP contribution in [0.1, 0.15) is 39.0 Å². The van der Waals surface area contributed by atoms with Crippen LogP contribution >= 0.6 is 8.58 Å². The SMILES string of the molecule is COC1COC(PC2C[C@H](O)C(n3cnc4c(N)ncnc43)O2)CC(n2cnc3c(N)ncnc32)C(C(C)C)C1O. The number of fused-ring (bicyclic) bond motifs is 2. The van der Waals surface area contributed by atoms with E-state index in [1.807, 2.05) is 4.57 Å². The number of aliphatic hydroxyl groups is 2. The summed E-state index contributed by atoms with van der Waals surface area (Å²) in [6.45, 7) is 4.40. The summed E-state index contributed by atoms with van der Waals surface area (Å²) in [6, 6.07) is -0.237. The van der Waals surface area contributed by atoms with E-state index in [0.29, 0.717) is 41.0 Å². The number of ether oxygens (including phenoxy) is 3. The molecule has 41 heavy (non-hydrogen) atoms. The lowest BCUT2D eigenvalue weighted by molar-refractivity contribution is -0.120. The van der Waals surface area contributed by atoms with Crippen molar-refractivity contribution in [3.63, 3.8) is 0 Å². The Morgan fingerprint density at radius 1 is 0.927 bits per heavy atom. The molecule has 6 heterocycles. The summed E-state index contributed by atoms with van der Waals surface area (Å²) in [5.41, 5.74) is 14.1. The molecule has 0 spiro atoms. The van der Waals surface area contributed by atoms with E-state index in [0.717, 1.165) is 0 Å². The van der Waals surface area contributed by atoms with Crippen LogP contribution in [0.2, 0.25) is 0 Å². The molecule has 9 atom stereocenters. The third-order valence-corrected chi connectivity index (χ3v) is 9.59. The van der Waals surface area contributed by atoms with Crippen LogP contribution in [0.4, 0.5) is 11.6 Å². The Kier molecular flexibility index (Phi) is 7.74. The van der Waals surface area contributed by atoms with Gasteiger partial charge in [-0.25, -0.2) is 29.9 Å². The summed E-state index contributed by atoms with van der Waals surface area (Å²) in [5, 5.41) is 22.5. The molecule has 0 saturated carbocycles. The molecule has 2 fully saturated rings. The first-order valence-corrected chi connectivity index (χ1v) is 14.7. The Labute approximate surface area is 237 Å². The minimum atomic E-state index is -0.788. The maximum absolute atomic E-state index is 11.5. The molecule has 8 unspecified atom stereocenters. The van der Waals surface area contributed by atoms with Gasteiger partial charge in [-0.3, -0.25) is 4.57 Å². The van der Waals surface area contributed by atoms with Crippen molar-refractivity contribution in [3.8, 4) is 0 Å². The quantitative estimate of drug-likeness (QED) is 0.233. The van der Waals surface area contributed by atoms with Gasteiger partial charge in [0.2, 0.25) is 0 Å². The number of aliphatic hydroxyl groups excluding tert-OH is 2. The second kappa shape index (κ2) is 11.3. The molecule has 0 radical (unpaired) electrons. The van der Waals surface area contributed by atoms with Crippen LogP contribution in [0.15, 0.2) is 25.3 Å². The van der Waals surface area contributed by atoms with Gasteiger partial charge in [0, 0.05) is 25.5 Å². The second-order valence-corrected chi connectivity index (χ2v) is 12.5. The van der Waals surface area contributed by atoms with E-state index in [1.165, 1.54) is 12.7 Å². The Morgan fingerprint density at radius 2 is 1.56 bits per heavy atom. The third-order valence-electron chi connectivity index (χ3n) is 8.08. The second-order valence-electron chi connectivity index (χ2n) is 10.9. The summed E-state index contributed by atoms with van der Waals surface area (Å²) in [4.78, 5) is 25.6. The summed E-state index contributed by atoms with van der Waals surface area (Å²) >= 11 is 0. The van der Waals surface area contributed by atoms with Crippen LogP contribution in [0.5, 0.6) is 0 Å². The number of rotatable bonds is 6. The highest BCUT2D eigenvalue weighted by atomic mass is 31.1. The molecule has 2 aliphatic heterocycles. The Balaban J connectivity index is 1.29. The number of hydrogen-bond donors (Lipinski definition) is 4. The van der Waals surface area contributed by atoms with E-state index < -0.39 is 24.5 Å². The summed E-state index contributed by atoms with van der Waals surface area (Å²) in [7, 11) is 1.77. The first-order chi connectivity index (χ1) is 19.8. The normalized spacial score (nSPS) is 31.5. The van der Waals surface area contributed by atoms with Gasteiger partial charge < -0.3 is 40.5 Å². The Hall–Kier alpha value is -3.07. The molecule has 4 aromatic heterocycles. The maximum atomic E-state index is 11.5. The third kappa shape index (κ3) is 5.11. The largest absolute Gasteiger partial charge is 0.390 e. The average Bonchev–Trinajstić information content (AvgIpc) is 3.65. The van der Waals surface area contributed by atoms with Gasteiger partial charge in [-0.1, -0.05) is 22.4 Å². The monoisotopic (exact) mass is 586 g/mol. The molecular formula is C25H35N10O5P. The minimum absolute atomic E-state index is 0.101. The van der Waals surface area contributed by atoms with E-state index in [1.54, 1.807) is 24.3 Å². The summed E-state index contributed by atoms with van der Waals surface area (Å²) < 4.78 is 22.1. The van der Waals surface area contributed by atoms with Crippen LogP contribution in [0.3, 0.4) is 0 Å². The van der Waals surface area contributed by atoms with Crippen molar-refractivity contribution >= 4 is 42.5 Å². The van der Waals surface area contributed by atoms with Gasteiger partial charge in [0.1, 0.15) is 35.9 Å². The first-order valence-electron chi connectivity index (χ1n) is 13.5. The Bertz CT molecular complexity index is 1520. The molecule has 2 saturated heterocycles. The molecule has 220 valence electrons.